The van der Waals surface area contributed by atoms with Crippen molar-refractivity contribution in [3.05, 3.63) is 53.1 Å². The molecule has 0 aliphatic carbocycles. The van der Waals surface area contributed by atoms with Gasteiger partial charge in [-0.3, -0.25) is 0 Å². The molecule has 0 saturated heterocycles. The van der Waals surface area contributed by atoms with Crippen molar-refractivity contribution in [2.24, 2.45) is 0 Å². The summed E-state index contributed by atoms with van der Waals surface area (Å²) in [6.07, 6.45) is 3.44. The maximum Gasteiger partial charge on any atom is 0.149 e. The summed E-state index contributed by atoms with van der Waals surface area (Å²) in [5, 5.41) is 3.77. The number of aromatic nitrogens is 2. The first-order valence-electron chi connectivity index (χ1n) is 5.54. The summed E-state index contributed by atoms with van der Waals surface area (Å²) in [7, 11) is 3.46. The van der Waals surface area contributed by atoms with Crippen molar-refractivity contribution in [3.8, 4) is 5.75 Å². The summed E-state index contributed by atoms with van der Waals surface area (Å²) in [5.41, 5.74) is 1.00. The van der Waals surface area contributed by atoms with Gasteiger partial charge in [0.25, 0.3) is 0 Å². The van der Waals surface area contributed by atoms with E-state index in [0.29, 0.717) is 16.6 Å². The number of ether oxygens (including phenoxy) is 1. The fraction of sp³-hybridized carbons (Fsp3) is 0.231. The molecular weight excluding hydrogens is 250 g/mol. The molecule has 0 fully saturated rings. The van der Waals surface area contributed by atoms with E-state index in [1.54, 1.807) is 25.6 Å². The minimum Gasteiger partial charge on any atom is -0.495 e. The molecule has 4 nitrogen and oxygen atoms in total. The van der Waals surface area contributed by atoms with Gasteiger partial charge in [0.05, 0.1) is 18.2 Å². The molecule has 0 aliphatic rings. The monoisotopic (exact) mass is 263 g/mol. The van der Waals surface area contributed by atoms with E-state index in [2.05, 4.69) is 15.3 Å². The second-order valence-corrected chi connectivity index (χ2v) is 4.13. The van der Waals surface area contributed by atoms with Crippen LogP contribution in [0.4, 0.5) is 0 Å². The van der Waals surface area contributed by atoms with Gasteiger partial charge in [-0.05, 0) is 30.8 Å². The van der Waals surface area contributed by atoms with Gasteiger partial charge in [-0.25, -0.2) is 9.97 Å². The van der Waals surface area contributed by atoms with Crippen molar-refractivity contribution in [3.63, 3.8) is 0 Å². The van der Waals surface area contributed by atoms with Crippen molar-refractivity contribution in [2.45, 2.75) is 6.04 Å². The van der Waals surface area contributed by atoms with Crippen LogP contribution in [0.25, 0.3) is 0 Å². The number of rotatable bonds is 4. The number of hydrogen-bond donors (Lipinski definition) is 1. The fourth-order valence-corrected chi connectivity index (χ4v) is 1.96. The molecule has 0 spiro atoms. The lowest BCUT2D eigenvalue weighted by atomic mass is 10.1. The molecule has 1 atom stereocenters. The van der Waals surface area contributed by atoms with Gasteiger partial charge in [-0.1, -0.05) is 17.7 Å². The van der Waals surface area contributed by atoms with Gasteiger partial charge < -0.3 is 10.1 Å². The van der Waals surface area contributed by atoms with E-state index >= 15 is 0 Å². The van der Waals surface area contributed by atoms with Crippen LogP contribution in [0.3, 0.4) is 0 Å². The topological polar surface area (TPSA) is 47.0 Å². The standard InChI is InChI=1S/C13H14ClN3O/c1-15-12(13-16-6-3-7-17-13)9-4-5-10(14)11(8-9)18-2/h3-8,12,15H,1-2H3. The molecular formula is C13H14ClN3O. The number of benzene rings is 1. The van der Waals surface area contributed by atoms with E-state index in [0.717, 1.165) is 5.56 Å². The van der Waals surface area contributed by atoms with E-state index in [1.807, 2.05) is 25.2 Å². The van der Waals surface area contributed by atoms with Gasteiger partial charge in [0.15, 0.2) is 0 Å². The van der Waals surface area contributed by atoms with Gasteiger partial charge in [0.2, 0.25) is 0 Å². The van der Waals surface area contributed by atoms with Gasteiger partial charge in [0.1, 0.15) is 11.6 Å². The molecule has 1 aromatic heterocycles. The van der Waals surface area contributed by atoms with Crippen LogP contribution in [0.5, 0.6) is 5.75 Å². The molecule has 1 N–H and O–H groups in total. The Kier molecular flexibility index (Phi) is 4.12. The lowest BCUT2D eigenvalue weighted by Gasteiger charge is -2.16. The van der Waals surface area contributed by atoms with Gasteiger partial charge in [-0.2, -0.15) is 0 Å². The summed E-state index contributed by atoms with van der Waals surface area (Å²) in [5.74, 6) is 1.36. The average Bonchev–Trinajstić information content (AvgIpc) is 2.42. The predicted molar refractivity (Wildman–Crippen MR) is 70.9 cm³/mol. The Morgan fingerprint density at radius 3 is 2.61 bits per heavy atom. The van der Waals surface area contributed by atoms with Crippen molar-refractivity contribution < 1.29 is 4.74 Å². The molecule has 1 heterocycles. The van der Waals surface area contributed by atoms with Gasteiger partial charge >= 0.3 is 0 Å². The van der Waals surface area contributed by atoms with Crippen molar-refractivity contribution in [1.82, 2.24) is 15.3 Å². The Hall–Kier alpha value is -1.65. The van der Waals surface area contributed by atoms with E-state index in [-0.39, 0.29) is 6.04 Å². The van der Waals surface area contributed by atoms with Crippen LogP contribution >= 0.6 is 11.6 Å². The summed E-state index contributed by atoms with van der Waals surface area (Å²) in [6.45, 7) is 0. The highest BCUT2D eigenvalue weighted by Gasteiger charge is 2.16. The third kappa shape index (κ3) is 2.60. The van der Waals surface area contributed by atoms with Crippen LogP contribution in [0, 0.1) is 0 Å². The zero-order valence-corrected chi connectivity index (χ0v) is 11.0. The zero-order valence-electron chi connectivity index (χ0n) is 10.2. The Bertz CT molecular complexity index is 519. The number of methoxy groups -OCH3 is 1. The molecule has 94 valence electrons. The molecule has 1 unspecified atom stereocenters. The average molecular weight is 264 g/mol. The molecule has 0 amide bonds. The Morgan fingerprint density at radius 1 is 1.28 bits per heavy atom. The molecule has 0 radical (unpaired) electrons. The lowest BCUT2D eigenvalue weighted by Crippen LogP contribution is -2.20. The highest BCUT2D eigenvalue weighted by atomic mass is 35.5. The number of hydrogen-bond acceptors (Lipinski definition) is 4. The minimum absolute atomic E-state index is 0.0858. The quantitative estimate of drug-likeness (QED) is 0.920. The van der Waals surface area contributed by atoms with Crippen LogP contribution in [0.15, 0.2) is 36.7 Å². The lowest BCUT2D eigenvalue weighted by molar-refractivity contribution is 0.414. The second-order valence-electron chi connectivity index (χ2n) is 3.72. The van der Waals surface area contributed by atoms with E-state index in [4.69, 9.17) is 16.3 Å². The van der Waals surface area contributed by atoms with Crippen LogP contribution in [-0.2, 0) is 0 Å². The molecule has 0 saturated carbocycles. The Balaban J connectivity index is 2.39. The highest BCUT2D eigenvalue weighted by molar-refractivity contribution is 6.32. The minimum atomic E-state index is -0.0858. The van der Waals surface area contributed by atoms with Crippen molar-refractivity contribution >= 4 is 11.6 Å². The molecule has 1 aromatic carbocycles. The van der Waals surface area contributed by atoms with Crippen LogP contribution < -0.4 is 10.1 Å². The smallest absolute Gasteiger partial charge is 0.149 e. The summed E-state index contributed by atoms with van der Waals surface area (Å²) in [6, 6.07) is 7.33. The molecule has 0 aliphatic heterocycles. The maximum absolute atomic E-state index is 6.01. The van der Waals surface area contributed by atoms with Crippen LogP contribution in [0.1, 0.15) is 17.4 Å². The maximum atomic E-state index is 6.01. The fourth-order valence-electron chi connectivity index (χ4n) is 1.76. The Morgan fingerprint density at radius 2 is 2.00 bits per heavy atom. The predicted octanol–water partition coefficient (Wildman–Crippen LogP) is 2.45. The normalized spacial score (nSPS) is 12.2. The summed E-state index contributed by atoms with van der Waals surface area (Å²) in [4.78, 5) is 8.51. The van der Waals surface area contributed by atoms with Crippen molar-refractivity contribution in [1.29, 1.82) is 0 Å². The molecule has 5 heteroatoms. The first-order chi connectivity index (χ1) is 8.76. The summed E-state index contributed by atoms with van der Waals surface area (Å²) < 4.78 is 5.22. The van der Waals surface area contributed by atoms with Crippen LogP contribution in [0.2, 0.25) is 5.02 Å². The van der Waals surface area contributed by atoms with E-state index in [1.165, 1.54) is 0 Å². The first-order valence-corrected chi connectivity index (χ1v) is 5.91. The van der Waals surface area contributed by atoms with Crippen molar-refractivity contribution in [2.75, 3.05) is 14.2 Å². The third-order valence-electron chi connectivity index (χ3n) is 2.64. The number of nitrogens with zero attached hydrogens (tertiary/aromatic N) is 2. The van der Waals surface area contributed by atoms with Gasteiger partial charge in [0, 0.05) is 12.4 Å². The zero-order chi connectivity index (χ0) is 13.0. The Labute approximate surface area is 111 Å². The number of halogens is 1. The summed E-state index contributed by atoms with van der Waals surface area (Å²) >= 11 is 6.01. The first kappa shape index (κ1) is 12.8. The van der Waals surface area contributed by atoms with E-state index in [9.17, 15) is 0 Å². The largest absolute Gasteiger partial charge is 0.495 e. The highest BCUT2D eigenvalue weighted by Crippen LogP contribution is 2.29. The molecule has 2 aromatic rings. The third-order valence-corrected chi connectivity index (χ3v) is 2.95. The molecule has 18 heavy (non-hydrogen) atoms. The SMILES string of the molecule is CNC(c1ccc(Cl)c(OC)c1)c1ncccn1. The number of nitrogens with one attached hydrogen (secondary N) is 1. The molecule has 0 bridgehead atoms. The van der Waals surface area contributed by atoms with Gasteiger partial charge in [-0.15, -0.1) is 0 Å². The molecule has 2 rings (SSSR count). The van der Waals surface area contributed by atoms with E-state index < -0.39 is 0 Å². The van der Waals surface area contributed by atoms with Crippen LogP contribution in [-0.4, -0.2) is 24.1 Å². The second kappa shape index (κ2) is 5.80.